The number of piperidine rings is 2. The van der Waals surface area contributed by atoms with E-state index < -0.39 is 5.92 Å². The van der Waals surface area contributed by atoms with Gasteiger partial charge >= 0.3 is 0 Å². The number of hydrogen-bond acceptors (Lipinski definition) is 3. The first-order valence-electron chi connectivity index (χ1n) is 10.1. The van der Waals surface area contributed by atoms with Crippen LogP contribution in [0.4, 0.5) is 8.78 Å². The van der Waals surface area contributed by atoms with Crippen LogP contribution in [-0.4, -0.2) is 61.0 Å². The molecular weight excluding hydrogens is 332 g/mol. The van der Waals surface area contributed by atoms with Gasteiger partial charge in [0.15, 0.2) is 0 Å². The average molecular weight is 372 g/mol. The first-order chi connectivity index (χ1) is 12.5. The molecule has 1 atom stereocenters. The molecule has 1 aromatic rings. The average Bonchev–Trinajstić information content (AvgIpc) is 2.69. The van der Waals surface area contributed by atoms with Crippen molar-refractivity contribution in [2.45, 2.75) is 65.2 Å². The van der Waals surface area contributed by atoms with Gasteiger partial charge in [-0.15, -0.1) is 0 Å². The van der Waals surface area contributed by atoms with Crippen LogP contribution < -0.4 is 0 Å². The summed E-state index contributed by atoms with van der Waals surface area (Å²) in [4.78, 5) is 8.50. The SMILES string of the molecule is CC.CC.CN1CCC(F)(F)CC1.CN1CCCC(c2cccnc2)C1. The summed E-state index contributed by atoms with van der Waals surface area (Å²) in [6, 6.07) is 4.22. The second-order valence-corrected chi connectivity index (χ2v) is 6.55. The minimum atomic E-state index is -2.38. The number of pyridine rings is 1. The highest BCUT2D eigenvalue weighted by Crippen LogP contribution is 2.26. The van der Waals surface area contributed by atoms with Gasteiger partial charge in [-0.25, -0.2) is 8.78 Å². The highest BCUT2D eigenvalue weighted by molar-refractivity contribution is 5.15. The second kappa shape index (κ2) is 14.0. The lowest BCUT2D eigenvalue weighted by Gasteiger charge is -2.29. The molecule has 0 N–H and O–H groups in total. The number of nitrogens with zero attached hydrogens (tertiary/aromatic N) is 3. The Bertz CT molecular complexity index is 430. The van der Waals surface area contributed by atoms with E-state index in [1.165, 1.54) is 31.5 Å². The van der Waals surface area contributed by atoms with Gasteiger partial charge < -0.3 is 9.80 Å². The van der Waals surface area contributed by atoms with E-state index in [0.717, 1.165) is 0 Å². The molecule has 5 heteroatoms. The standard InChI is InChI=1S/C11H16N2.C6H11F2N.2C2H6/c1-13-7-3-5-11(9-13)10-4-2-6-12-8-10;1-9-4-2-6(7,8)3-5-9;2*1-2/h2,4,6,8,11H,3,5,7,9H2,1H3;2-5H2,1H3;2*1-2H3. The number of likely N-dealkylation sites (tertiary alicyclic amines) is 2. The summed E-state index contributed by atoms with van der Waals surface area (Å²) in [6.07, 6.45) is 6.54. The van der Waals surface area contributed by atoms with E-state index in [9.17, 15) is 8.78 Å². The lowest BCUT2D eigenvalue weighted by atomic mass is 9.92. The number of halogens is 2. The van der Waals surface area contributed by atoms with Gasteiger partial charge in [0.05, 0.1) is 0 Å². The Kier molecular flexibility index (Phi) is 13.5. The van der Waals surface area contributed by atoms with Crippen LogP contribution in [-0.2, 0) is 0 Å². The molecule has 2 fully saturated rings. The molecule has 0 aliphatic carbocycles. The molecule has 0 radical (unpaired) electrons. The lowest BCUT2D eigenvalue weighted by molar-refractivity contribution is -0.0504. The number of likely N-dealkylation sites (N-methyl/N-ethyl adjacent to an activating group) is 1. The molecule has 0 amide bonds. The largest absolute Gasteiger partial charge is 0.306 e. The Morgan fingerprint density at radius 3 is 2.08 bits per heavy atom. The smallest absolute Gasteiger partial charge is 0.250 e. The zero-order chi connectivity index (χ0) is 20.0. The van der Waals surface area contributed by atoms with Crippen molar-refractivity contribution in [3.63, 3.8) is 0 Å². The first kappa shape index (κ1) is 24.9. The van der Waals surface area contributed by atoms with E-state index in [-0.39, 0.29) is 12.8 Å². The molecule has 26 heavy (non-hydrogen) atoms. The summed E-state index contributed by atoms with van der Waals surface area (Å²) in [5, 5.41) is 0. The van der Waals surface area contributed by atoms with E-state index >= 15 is 0 Å². The Balaban J connectivity index is 0.000000422. The Labute approximate surface area is 159 Å². The topological polar surface area (TPSA) is 19.4 Å². The number of hydrogen-bond donors (Lipinski definition) is 0. The van der Waals surface area contributed by atoms with Crippen molar-refractivity contribution >= 4 is 0 Å². The third-order valence-electron chi connectivity index (χ3n) is 4.50. The maximum atomic E-state index is 12.4. The normalized spacial score (nSPS) is 22.5. The molecular formula is C21H39F2N3. The summed E-state index contributed by atoms with van der Waals surface area (Å²) < 4.78 is 24.7. The molecule has 0 spiro atoms. The van der Waals surface area contributed by atoms with Crippen LogP contribution in [0.3, 0.4) is 0 Å². The van der Waals surface area contributed by atoms with Gasteiger partial charge in [-0.1, -0.05) is 33.8 Å². The van der Waals surface area contributed by atoms with Gasteiger partial charge in [0.2, 0.25) is 0 Å². The number of aromatic nitrogens is 1. The van der Waals surface area contributed by atoms with Crippen molar-refractivity contribution in [3.05, 3.63) is 30.1 Å². The van der Waals surface area contributed by atoms with Crippen LogP contribution in [0.15, 0.2) is 24.5 Å². The fraction of sp³-hybridized carbons (Fsp3) is 0.762. The number of alkyl halides is 2. The fourth-order valence-corrected chi connectivity index (χ4v) is 3.00. The zero-order valence-corrected chi connectivity index (χ0v) is 17.6. The molecule has 2 saturated heterocycles. The third kappa shape index (κ3) is 10.2. The van der Waals surface area contributed by atoms with Gasteiger partial charge in [0, 0.05) is 44.9 Å². The quantitative estimate of drug-likeness (QED) is 0.668. The van der Waals surface area contributed by atoms with E-state index in [4.69, 9.17) is 0 Å². The van der Waals surface area contributed by atoms with Crippen LogP contribution in [0.25, 0.3) is 0 Å². The number of rotatable bonds is 1. The van der Waals surface area contributed by atoms with E-state index in [0.29, 0.717) is 19.0 Å². The van der Waals surface area contributed by atoms with Crippen LogP contribution in [0.2, 0.25) is 0 Å². The second-order valence-electron chi connectivity index (χ2n) is 6.55. The third-order valence-corrected chi connectivity index (χ3v) is 4.50. The van der Waals surface area contributed by atoms with Gasteiger partial charge in [0.25, 0.3) is 5.92 Å². The van der Waals surface area contributed by atoms with Crippen LogP contribution >= 0.6 is 0 Å². The predicted molar refractivity (Wildman–Crippen MR) is 108 cm³/mol. The molecule has 3 rings (SSSR count). The minimum Gasteiger partial charge on any atom is -0.306 e. The highest BCUT2D eigenvalue weighted by atomic mass is 19.3. The summed E-state index contributed by atoms with van der Waals surface area (Å²) in [7, 11) is 4.07. The Morgan fingerprint density at radius 1 is 1.00 bits per heavy atom. The van der Waals surface area contributed by atoms with Gasteiger partial charge in [0.1, 0.15) is 0 Å². The lowest BCUT2D eigenvalue weighted by Crippen LogP contribution is -2.36. The molecule has 0 aromatic carbocycles. The van der Waals surface area contributed by atoms with Crippen LogP contribution in [0.5, 0.6) is 0 Å². The zero-order valence-electron chi connectivity index (χ0n) is 17.6. The molecule has 3 nitrogen and oxygen atoms in total. The molecule has 2 aliphatic heterocycles. The van der Waals surface area contributed by atoms with Crippen molar-refractivity contribution in [3.8, 4) is 0 Å². The van der Waals surface area contributed by atoms with Gasteiger partial charge in [-0.3, -0.25) is 4.98 Å². The molecule has 0 bridgehead atoms. The Morgan fingerprint density at radius 2 is 1.62 bits per heavy atom. The highest BCUT2D eigenvalue weighted by Gasteiger charge is 2.32. The molecule has 0 saturated carbocycles. The Hall–Kier alpha value is -1.07. The monoisotopic (exact) mass is 371 g/mol. The summed E-state index contributed by atoms with van der Waals surface area (Å²) in [6.45, 7) is 11.5. The van der Waals surface area contributed by atoms with Crippen molar-refractivity contribution in [1.29, 1.82) is 0 Å². The van der Waals surface area contributed by atoms with E-state index in [2.05, 4.69) is 23.0 Å². The minimum absolute atomic E-state index is 0.0312. The van der Waals surface area contributed by atoms with Crippen molar-refractivity contribution in [1.82, 2.24) is 14.8 Å². The van der Waals surface area contributed by atoms with Gasteiger partial charge in [-0.05, 0) is 51.0 Å². The van der Waals surface area contributed by atoms with Crippen molar-refractivity contribution in [2.75, 3.05) is 40.3 Å². The summed E-state index contributed by atoms with van der Waals surface area (Å²) >= 11 is 0. The predicted octanol–water partition coefficient (Wildman–Crippen LogP) is 5.29. The van der Waals surface area contributed by atoms with Gasteiger partial charge in [-0.2, -0.15) is 0 Å². The van der Waals surface area contributed by atoms with Crippen LogP contribution in [0.1, 0.15) is 64.9 Å². The molecule has 152 valence electrons. The van der Waals surface area contributed by atoms with Crippen molar-refractivity contribution in [2.24, 2.45) is 0 Å². The van der Waals surface area contributed by atoms with E-state index in [1.54, 1.807) is 0 Å². The first-order valence-corrected chi connectivity index (χ1v) is 10.1. The molecule has 2 aliphatic rings. The van der Waals surface area contributed by atoms with Crippen LogP contribution in [0, 0.1) is 0 Å². The molecule has 1 unspecified atom stereocenters. The maximum absolute atomic E-state index is 12.4. The molecule has 1 aromatic heterocycles. The maximum Gasteiger partial charge on any atom is 0.250 e. The fourth-order valence-electron chi connectivity index (χ4n) is 3.00. The van der Waals surface area contributed by atoms with Crippen molar-refractivity contribution < 1.29 is 8.78 Å². The summed E-state index contributed by atoms with van der Waals surface area (Å²) in [5.41, 5.74) is 1.40. The van der Waals surface area contributed by atoms with E-state index in [1.807, 2.05) is 58.1 Å². The molecule has 3 heterocycles. The summed E-state index contributed by atoms with van der Waals surface area (Å²) in [5.74, 6) is -1.68.